The fourth-order valence-corrected chi connectivity index (χ4v) is 3.23. The van der Waals surface area contributed by atoms with E-state index in [4.69, 9.17) is 9.47 Å². The number of nitrogens with zero attached hydrogens (tertiary/aromatic N) is 2. The van der Waals surface area contributed by atoms with Gasteiger partial charge in [-0.15, -0.1) is 0 Å². The Morgan fingerprint density at radius 2 is 2.00 bits per heavy atom. The predicted molar refractivity (Wildman–Crippen MR) is 75.2 cm³/mol. The minimum absolute atomic E-state index is 0.0423. The van der Waals surface area contributed by atoms with Gasteiger partial charge >= 0.3 is 5.97 Å². The molecule has 0 radical (unpaired) electrons. The van der Waals surface area contributed by atoms with Gasteiger partial charge in [0.15, 0.2) is 5.82 Å². The summed E-state index contributed by atoms with van der Waals surface area (Å²) >= 11 is 0. The predicted octanol–water partition coefficient (Wildman–Crippen LogP) is 2.19. The first-order valence-electron chi connectivity index (χ1n) is 6.49. The number of aromatic nitrogens is 2. The summed E-state index contributed by atoms with van der Waals surface area (Å²) in [5.74, 6) is 0.529. The molecule has 1 rings (SSSR count). The van der Waals surface area contributed by atoms with Crippen LogP contribution < -0.4 is 0 Å². The van der Waals surface area contributed by atoms with Gasteiger partial charge in [-0.1, -0.05) is 13.1 Å². The molecule has 1 aromatic rings. The molecule has 5 nitrogen and oxygen atoms in total. The monoisotopic (exact) mass is 282 g/mol. The Labute approximate surface area is 115 Å². The average molecular weight is 282 g/mol. The first-order chi connectivity index (χ1) is 8.95. The van der Waals surface area contributed by atoms with Crippen LogP contribution in [0.2, 0.25) is 19.1 Å². The Kier molecular flexibility index (Phi) is 6.10. The van der Waals surface area contributed by atoms with E-state index >= 15 is 0 Å². The third-order valence-corrected chi connectivity index (χ3v) is 6.66. The Hall–Kier alpha value is -1.27. The van der Waals surface area contributed by atoms with E-state index in [-0.39, 0.29) is 11.7 Å². The standard InChI is InChI=1S/C13H22N2O3Si/c1-5-17-13(16)10-19(3,4)11(2)18-9-12-14-7-6-8-15-12/h6-8,11H,5,9-10H2,1-4H3. The highest BCUT2D eigenvalue weighted by molar-refractivity contribution is 6.80. The molecule has 0 saturated heterocycles. The number of hydrogen-bond donors (Lipinski definition) is 0. The van der Waals surface area contributed by atoms with Crippen molar-refractivity contribution in [3.05, 3.63) is 24.3 Å². The van der Waals surface area contributed by atoms with Crippen molar-refractivity contribution in [3.8, 4) is 0 Å². The van der Waals surface area contributed by atoms with Gasteiger partial charge in [-0.05, 0) is 19.9 Å². The number of rotatable bonds is 7. The lowest BCUT2D eigenvalue weighted by atomic mass is 10.6. The fraction of sp³-hybridized carbons (Fsp3) is 0.615. The zero-order valence-electron chi connectivity index (χ0n) is 12.0. The molecule has 106 valence electrons. The lowest BCUT2D eigenvalue weighted by Gasteiger charge is -2.28. The quantitative estimate of drug-likeness (QED) is 0.566. The fourth-order valence-electron chi connectivity index (χ4n) is 1.56. The Morgan fingerprint density at radius 1 is 1.37 bits per heavy atom. The molecule has 0 aromatic carbocycles. The van der Waals surface area contributed by atoms with Crippen LogP contribution in [0.1, 0.15) is 19.7 Å². The normalized spacial score (nSPS) is 13.1. The van der Waals surface area contributed by atoms with Crippen LogP contribution >= 0.6 is 0 Å². The molecule has 0 saturated carbocycles. The second-order valence-electron chi connectivity index (χ2n) is 5.09. The Bertz CT molecular complexity index is 398. The highest BCUT2D eigenvalue weighted by Crippen LogP contribution is 2.18. The first kappa shape index (κ1) is 15.8. The number of carbonyl (C=O) groups is 1. The zero-order chi connectivity index (χ0) is 14.3. The molecule has 0 aliphatic heterocycles. The molecule has 0 amide bonds. The first-order valence-corrected chi connectivity index (χ1v) is 9.77. The van der Waals surface area contributed by atoms with Crippen molar-refractivity contribution in [2.45, 2.75) is 45.3 Å². The molecule has 1 atom stereocenters. The van der Waals surface area contributed by atoms with Crippen LogP contribution in [-0.4, -0.2) is 36.3 Å². The van der Waals surface area contributed by atoms with Crippen LogP contribution in [0.25, 0.3) is 0 Å². The van der Waals surface area contributed by atoms with Crippen LogP contribution in [0.4, 0.5) is 0 Å². The highest BCUT2D eigenvalue weighted by atomic mass is 28.3. The molecule has 1 heterocycles. The minimum atomic E-state index is -1.81. The number of esters is 1. The van der Waals surface area contributed by atoms with E-state index < -0.39 is 8.07 Å². The minimum Gasteiger partial charge on any atom is -0.466 e. The maximum absolute atomic E-state index is 11.6. The van der Waals surface area contributed by atoms with Gasteiger partial charge in [-0.3, -0.25) is 4.79 Å². The van der Waals surface area contributed by atoms with Gasteiger partial charge in [-0.2, -0.15) is 0 Å². The van der Waals surface area contributed by atoms with E-state index in [1.54, 1.807) is 18.5 Å². The van der Waals surface area contributed by atoms with E-state index in [2.05, 4.69) is 23.1 Å². The molecule has 0 bridgehead atoms. The number of ether oxygens (including phenoxy) is 2. The van der Waals surface area contributed by atoms with Gasteiger partial charge in [0.05, 0.1) is 14.7 Å². The van der Waals surface area contributed by atoms with Gasteiger partial charge in [0.25, 0.3) is 0 Å². The van der Waals surface area contributed by atoms with Crippen molar-refractivity contribution in [1.29, 1.82) is 0 Å². The molecule has 0 aliphatic rings. The summed E-state index contributed by atoms with van der Waals surface area (Å²) in [4.78, 5) is 19.8. The van der Waals surface area contributed by atoms with Gasteiger partial charge in [0.1, 0.15) is 6.61 Å². The van der Waals surface area contributed by atoms with Gasteiger partial charge in [-0.25, -0.2) is 9.97 Å². The van der Waals surface area contributed by atoms with Crippen molar-refractivity contribution in [2.24, 2.45) is 0 Å². The van der Waals surface area contributed by atoms with Crippen LogP contribution in [0.5, 0.6) is 0 Å². The molecular formula is C13H22N2O3Si. The third-order valence-electron chi connectivity index (χ3n) is 3.09. The molecule has 19 heavy (non-hydrogen) atoms. The van der Waals surface area contributed by atoms with Crippen molar-refractivity contribution >= 4 is 14.0 Å². The zero-order valence-corrected chi connectivity index (χ0v) is 13.0. The SMILES string of the molecule is CCOC(=O)C[Si](C)(C)C(C)OCc1ncccn1. The Balaban J connectivity index is 2.47. The van der Waals surface area contributed by atoms with Crippen LogP contribution in [0.3, 0.4) is 0 Å². The molecular weight excluding hydrogens is 260 g/mol. The summed E-state index contributed by atoms with van der Waals surface area (Å²) < 4.78 is 10.8. The molecule has 6 heteroatoms. The molecule has 0 aliphatic carbocycles. The molecule has 1 aromatic heterocycles. The molecule has 0 spiro atoms. The lowest BCUT2D eigenvalue weighted by Crippen LogP contribution is -2.43. The molecule has 0 N–H and O–H groups in total. The Morgan fingerprint density at radius 3 is 2.58 bits per heavy atom. The maximum Gasteiger partial charge on any atom is 0.303 e. The summed E-state index contributed by atoms with van der Waals surface area (Å²) in [6, 6.07) is 2.24. The average Bonchev–Trinajstić information content (AvgIpc) is 2.36. The number of carbonyl (C=O) groups excluding carboxylic acids is 1. The summed E-state index contributed by atoms with van der Waals surface area (Å²) in [6.07, 6.45) is 3.38. The van der Waals surface area contributed by atoms with Gasteiger partial charge in [0.2, 0.25) is 0 Å². The van der Waals surface area contributed by atoms with E-state index in [0.717, 1.165) is 0 Å². The lowest BCUT2D eigenvalue weighted by molar-refractivity contribution is -0.140. The molecule has 0 fully saturated rings. The van der Waals surface area contributed by atoms with Crippen molar-refractivity contribution in [3.63, 3.8) is 0 Å². The highest BCUT2D eigenvalue weighted by Gasteiger charge is 2.32. The van der Waals surface area contributed by atoms with Crippen LogP contribution in [0.15, 0.2) is 18.5 Å². The third kappa shape index (κ3) is 5.48. The second-order valence-corrected chi connectivity index (χ2v) is 10.2. The maximum atomic E-state index is 11.6. The van der Waals surface area contributed by atoms with Gasteiger partial charge in [0, 0.05) is 24.2 Å². The van der Waals surface area contributed by atoms with Crippen molar-refractivity contribution in [2.75, 3.05) is 6.61 Å². The smallest absolute Gasteiger partial charge is 0.303 e. The van der Waals surface area contributed by atoms with Crippen LogP contribution in [0, 0.1) is 0 Å². The molecule has 1 unspecified atom stereocenters. The summed E-state index contributed by atoms with van der Waals surface area (Å²) in [5, 5.41) is 0. The van der Waals surface area contributed by atoms with Gasteiger partial charge < -0.3 is 9.47 Å². The van der Waals surface area contributed by atoms with E-state index in [1.165, 1.54) is 0 Å². The summed E-state index contributed by atoms with van der Waals surface area (Å²) in [6.45, 7) is 8.88. The summed E-state index contributed by atoms with van der Waals surface area (Å²) in [7, 11) is -1.81. The van der Waals surface area contributed by atoms with Crippen LogP contribution in [-0.2, 0) is 20.9 Å². The van der Waals surface area contributed by atoms with Crippen molar-refractivity contribution in [1.82, 2.24) is 9.97 Å². The van der Waals surface area contributed by atoms with E-state index in [9.17, 15) is 4.79 Å². The number of hydrogen-bond acceptors (Lipinski definition) is 5. The van der Waals surface area contributed by atoms with E-state index in [1.807, 2.05) is 13.8 Å². The van der Waals surface area contributed by atoms with E-state index in [0.29, 0.717) is 25.1 Å². The van der Waals surface area contributed by atoms with Crippen molar-refractivity contribution < 1.29 is 14.3 Å². The summed E-state index contributed by atoms with van der Waals surface area (Å²) in [5.41, 5.74) is 0.0423. The topological polar surface area (TPSA) is 61.3 Å². The second kappa shape index (κ2) is 7.35. The largest absolute Gasteiger partial charge is 0.466 e.